The van der Waals surface area contributed by atoms with Gasteiger partial charge in [0.25, 0.3) is 0 Å². The molecule has 7 heteroatoms. The maximum absolute atomic E-state index is 11.1. The van der Waals surface area contributed by atoms with Crippen molar-refractivity contribution in [2.75, 3.05) is 26.8 Å². The number of methoxy groups -OCH3 is 1. The van der Waals surface area contributed by atoms with Crippen molar-refractivity contribution in [2.24, 2.45) is 4.99 Å². The first kappa shape index (κ1) is 25.5. The molecule has 1 aromatic carbocycles. The Morgan fingerprint density at radius 1 is 1.19 bits per heavy atom. The number of guanidine groups is 1. The fourth-order valence-corrected chi connectivity index (χ4v) is 2.35. The number of esters is 1. The van der Waals surface area contributed by atoms with Crippen LogP contribution in [-0.4, -0.2) is 38.7 Å². The number of halogens is 1. The Bertz CT molecular complexity index is 580. The van der Waals surface area contributed by atoms with Gasteiger partial charge in [0.1, 0.15) is 5.75 Å². The van der Waals surface area contributed by atoms with Gasteiger partial charge in [-0.1, -0.05) is 19.1 Å². The minimum absolute atomic E-state index is 0. The van der Waals surface area contributed by atoms with Crippen LogP contribution in [0.4, 0.5) is 0 Å². The van der Waals surface area contributed by atoms with Crippen LogP contribution in [-0.2, 0) is 16.1 Å². The van der Waals surface area contributed by atoms with E-state index in [1.807, 2.05) is 6.92 Å². The normalized spacial score (nSPS) is 10.7. The molecule has 27 heavy (non-hydrogen) atoms. The van der Waals surface area contributed by atoms with Crippen LogP contribution in [0.3, 0.4) is 0 Å². The highest BCUT2D eigenvalue weighted by Gasteiger charge is 2.05. The van der Waals surface area contributed by atoms with Crippen LogP contribution in [0.25, 0.3) is 0 Å². The average Bonchev–Trinajstić information content (AvgIpc) is 2.64. The van der Waals surface area contributed by atoms with Crippen molar-refractivity contribution in [1.29, 1.82) is 0 Å². The minimum atomic E-state index is -0.162. The zero-order chi connectivity index (χ0) is 19.2. The first-order valence-electron chi connectivity index (χ1n) is 9.42. The Labute approximate surface area is 180 Å². The van der Waals surface area contributed by atoms with Crippen molar-refractivity contribution in [3.8, 4) is 5.75 Å². The standard InChI is InChI=1S/C20H33N3O3.HI/c1-5-13-26-18-14-16(3)10-11-17(18)15-23-20(21-6-2)22-12-8-7-9-19(24)25-4;/h10-11,14H,5-9,12-13,15H2,1-4H3,(H2,21,22,23);1H. The Morgan fingerprint density at radius 3 is 2.63 bits per heavy atom. The summed E-state index contributed by atoms with van der Waals surface area (Å²) >= 11 is 0. The van der Waals surface area contributed by atoms with Gasteiger partial charge in [-0.25, -0.2) is 4.99 Å². The van der Waals surface area contributed by atoms with E-state index >= 15 is 0 Å². The van der Waals surface area contributed by atoms with Gasteiger partial charge in [-0.2, -0.15) is 0 Å². The van der Waals surface area contributed by atoms with Gasteiger partial charge in [-0.15, -0.1) is 24.0 Å². The van der Waals surface area contributed by atoms with Crippen LogP contribution in [0.1, 0.15) is 50.7 Å². The second-order valence-corrected chi connectivity index (χ2v) is 6.11. The number of carbonyl (C=O) groups is 1. The predicted octanol–water partition coefficient (Wildman–Crippen LogP) is 3.80. The molecule has 0 bridgehead atoms. The largest absolute Gasteiger partial charge is 0.493 e. The zero-order valence-corrected chi connectivity index (χ0v) is 19.3. The van der Waals surface area contributed by atoms with E-state index < -0.39 is 0 Å². The van der Waals surface area contributed by atoms with Crippen LogP contribution in [0, 0.1) is 6.92 Å². The number of aliphatic imine (C=N–C) groups is 1. The molecule has 0 spiro atoms. The SMILES string of the molecule is CCCOc1cc(C)ccc1CN=C(NCC)NCCCCC(=O)OC.I. The molecule has 0 aliphatic carbocycles. The number of hydrogen-bond donors (Lipinski definition) is 2. The summed E-state index contributed by atoms with van der Waals surface area (Å²) in [7, 11) is 1.42. The lowest BCUT2D eigenvalue weighted by Crippen LogP contribution is -2.37. The summed E-state index contributed by atoms with van der Waals surface area (Å²) in [6.45, 7) is 9.01. The van der Waals surface area contributed by atoms with Gasteiger partial charge in [-0.05, 0) is 44.7 Å². The van der Waals surface area contributed by atoms with E-state index in [1.54, 1.807) is 0 Å². The van der Waals surface area contributed by atoms with Gasteiger partial charge in [0, 0.05) is 25.1 Å². The Kier molecular flexibility index (Phi) is 14.7. The fourth-order valence-electron chi connectivity index (χ4n) is 2.35. The molecule has 2 N–H and O–H groups in total. The molecule has 0 aromatic heterocycles. The number of benzene rings is 1. The highest BCUT2D eigenvalue weighted by molar-refractivity contribution is 14.0. The van der Waals surface area contributed by atoms with Crippen molar-refractivity contribution in [3.05, 3.63) is 29.3 Å². The highest BCUT2D eigenvalue weighted by atomic mass is 127. The summed E-state index contributed by atoms with van der Waals surface area (Å²) in [5, 5.41) is 6.55. The van der Waals surface area contributed by atoms with E-state index in [1.165, 1.54) is 12.7 Å². The molecule has 0 fully saturated rings. The quantitative estimate of drug-likeness (QED) is 0.162. The number of hydrogen-bond acceptors (Lipinski definition) is 4. The monoisotopic (exact) mass is 491 g/mol. The van der Waals surface area contributed by atoms with Gasteiger partial charge in [0.2, 0.25) is 0 Å². The fraction of sp³-hybridized carbons (Fsp3) is 0.600. The molecular formula is C20H34IN3O3. The van der Waals surface area contributed by atoms with Crippen molar-refractivity contribution in [1.82, 2.24) is 10.6 Å². The predicted molar refractivity (Wildman–Crippen MR) is 121 cm³/mol. The number of nitrogens with zero attached hydrogens (tertiary/aromatic N) is 1. The third-order valence-corrected chi connectivity index (χ3v) is 3.76. The van der Waals surface area contributed by atoms with Crippen LogP contribution in [0.15, 0.2) is 23.2 Å². The maximum atomic E-state index is 11.1. The topological polar surface area (TPSA) is 72.0 Å². The number of rotatable bonds is 11. The summed E-state index contributed by atoms with van der Waals surface area (Å²) in [4.78, 5) is 15.8. The van der Waals surface area contributed by atoms with E-state index in [-0.39, 0.29) is 29.9 Å². The smallest absolute Gasteiger partial charge is 0.305 e. The molecule has 0 saturated carbocycles. The van der Waals surface area contributed by atoms with Gasteiger partial charge in [0.15, 0.2) is 5.96 Å². The number of aryl methyl sites for hydroxylation is 1. The minimum Gasteiger partial charge on any atom is -0.493 e. The van der Waals surface area contributed by atoms with Crippen molar-refractivity contribution in [3.63, 3.8) is 0 Å². The van der Waals surface area contributed by atoms with E-state index in [4.69, 9.17) is 4.74 Å². The van der Waals surface area contributed by atoms with Gasteiger partial charge in [0.05, 0.1) is 20.3 Å². The van der Waals surface area contributed by atoms with Crippen molar-refractivity contribution in [2.45, 2.75) is 53.0 Å². The lowest BCUT2D eigenvalue weighted by Gasteiger charge is -2.13. The summed E-state index contributed by atoms with van der Waals surface area (Å²) in [5.41, 5.74) is 2.26. The molecule has 154 valence electrons. The third-order valence-electron chi connectivity index (χ3n) is 3.76. The lowest BCUT2D eigenvalue weighted by atomic mass is 10.1. The lowest BCUT2D eigenvalue weighted by molar-refractivity contribution is -0.140. The second-order valence-electron chi connectivity index (χ2n) is 6.11. The second kappa shape index (κ2) is 15.5. The van der Waals surface area contributed by atoms with E-state index in [9.17, 15) is 4.79 Å². The molecule has 6 nitrogen and oxygen atoms in total. The van der Waals surface area contributed by atoms with Crippen LogP contribution in [0.5, 0.6) is 5.75 Å². The van der Waals surface area contributed by atoms with Crippen molar-refractivity contribution >= 4 is 35.9 Å². The van der Waals surface area contributed by atoms with Crippen molar-refractivity contribution < 1.29 is 14.3 Å². The number of unbranched alkanes of at least 4 members (excludes halogenated alkanes) is 1. The highest BCUT2D eigenvalue weighted by Crippen LogP contribution is 2.21. The summed E-state index contributed by atoms with van der Waals surface area (Å²) < 4.78 is 10.5. The number of carbonyl (C=O) groups excluding carboxylic acids is 1. The Balaban J connectivity index is 0.00000676. The molecule has 0 heterocycles. The molecule has 1 rings (SSSR count). The molecular weight excluding hydrogens is 457 g/mol. The first-order chi connectivity index (χ1) is 12.6. The van der Waals surface area contributed by atoms with Gasteiger partial charge in [-0.3, -0.25) is 4.79 Å². The average molecular weight is 491 g/mol. The third kappa shape index (κ3) is 11.0. The van der Waals surface area contributed by atoms with Crippen LogP contribution >= 0.6 is 24.0 Å². The molecule has 0 radical (unpaired) electrons. The number of ether oxygens (including phenoxy) is 2. The first-order valence-corrected chi connectivity index (χ1v) is 9.42. The van der Waals surface area contributed by atoms with E-state index in [2.05, 4.69) is 52.4 Å². The summed E-state index contributed by atoms with van der Waals surface area (Å²) in [6.07, 6.45) is 3.11. The molecule has 0 saturated heterocycles. The number of nitrogens with one attached hydrogen (secondary N) is 2. The Hall–Kier alpha value is -1.51. The van der Waals surface area contributed by atoms with E-state index in [0.717, 1.165) is 49.6 Å². The molecule has 0 unspecified atom stereocenters. The van der Waals surface area contributed by atoms with Crippen LogP contribution < -0.4 is 15.4 Å². The molecule has 0 aliphatic heterocycles. The molecule has 0 aliphatic rings. The molecule has 0 atom stereocenters. The zero-order valence-electron chi connectivity index (χ0n) is 17.0. The molecule has 1 aromatic rings. The van der Waals surface area contributed by atoms with Crippen LogP contribution in [0.2, 0.25) is 0 Å². The van der Waals surface area contributed by atoms with E-state index in [0.29, 0.717) is 19.6 Å². The molecule has 0 amide bonds. The maximum Gasteiger partial charge on any atom is 0.305 e. The van der Waals surface area contributed by atoms with Gasteiger partial charge < -0.3 is 20.1 Å². The summed E-state index contributed by atoms with van der Waals surface area (Å²) in [6, 6.07) is 6.22. The van der Waals surface area contributed by atoms with Gasteiger partial charge >= 0.3 is 5.97 Å². The summed E-state index contributed by atoms with van der Waals surface area (Å²) in [5.74, 6) is 1.52. The Morgan fingerprint density at radius 2 is 1.96 bits per heavy atom.